The van der Waals surface area contributed by atoms with Crippen molar-refractivity contribution in [2.75, 3.05) is 0 Å². The molecule has 0 heterocycles. The zero-order valence-corrected chi connectivity index (χ0v) is 21.7. The number of ether oxygens (including phenoxy) is 2. The number of rotatable bonds is 6. The van der Waals surface area contributed by atoms with E-state index in [9.17, 15) is 14.9 Å². The summed E-state index contributed by atoms with van der Waals surface area (Å²) < 4.78 is 12.2. The van der Waals surface area contributed by atoms with Crippen LogP contribution < -0.4 is 4.74 Å². The third-order valence-electron chi connectivity index (χ3n) is 9.42. The van der Waals surface area contributed by atoms with Gasteiger partial charge in [-0.25, -0.2) is 4.79 Å². The van der Waals surface area contributed by atoms with Crippen LogP contribution in [0.5, 0.6) is 5.75 Å². The minimum atomic E-state index is -0.461. The van der Waals surface area contributed by atoms with E-state index < -0.39 is 4.92 Å². The summed E-state index contributed by atoms with van der Waals surface area (Å²) in [7, 11) is 0. The van der Waals surface area contributed by atoms with Crippen molar-refractivity contribution in [2.45, 2.75) is 64.1 Å². The molecule has 2 saturated carbocycles. The quantitative estimate of drug-likeness (QED) is 0.198. The van der Waals surface area contributed by atoms with Gasteiger partial charge in [0.25, 0.3) is 5.69 Å². The first-order chi connectivity index (χ1) is 18.4. The number of hydrogen-bond acceptors (Lipinski definition) is 5. The molecule has 0 bridgehead atoms. The minimum absolute atomic E-state index is 0.0276. The molecular weight excluding hydrogens is 478 g/mol. The molecule has 3 aromatic carbocycles. The summed E-state index contributed by atoms with van der Waals surface area (Å²) in [4.78, 5) is 23.4. The third kappa shape index (κ3) is 4.46. The molecule has 0 N–H and O–H groups in total. The largest absolute Gasteiger partial charge is 0.489 e. The van der Waals surface area contributed by atoms with E-state index in [0.717, 1.165) is 44.3 Å². The highest BCUT2D eigenvalue weighted by atomic mass is 16.6. The van der Waals surface area contributed by atoms with Gasteiger partial charge >= 0.3 is 5.97 Å². The fourth-order valence-electron chi connectivity index (χ4n) is 7.45. The SMILES string of the molecule is C[C@@]12CC[C@H]3c4ccc(OCc5ccccc5)cc4CC[C@@H]3[C@H]1CC[C@H]2OC(=O)c1ccc([N+](=O)[O-])cc1. The van der Waals surface area contributed by atoms with E-state index in [1.165, 1.54) is 41.0 Å². The Morgan fingerprint density at radius 3 is 2.55 bits per heavy atom. The lowest BCUT2D eigenvalue weighted by atomic mass is 9.55. The van der Waals surface area contributed by atoms with Crippen molar-refractivity contribution in [3.63, 3.8) is 0 Å². The normalized spacial score (nSPS) is 27.5. The topological polar surface area (TPSA) is 78.7 Å². The second kappa shape index (κ2) is 9.90. The number of nitro groups is 1. The van der Waals surface area contributed by atoms with Crippen molar-refractivity contribution in [3.8, 4) is 5.75 Å². The average molecular weight is 512 g/mol. The van der Waals surface area contributed by atoms with Crippen LogP contribution in [0.1, 0.15) is 72.0 Å². The molecule has 6 nitrogen and oxygen atoms in total. The second-order valence-corrected chi connectivity index (χ2v) is 11.4. The maximum Gasteiger partial charge on any atom is 0.338 e. The number of nitro benzene ring substituents is 1. The number of carbonyl (C=O) groups excluding carboxylic acids is 1. The lowest BCUT2D eigenvalue weighted by molar-refractivity contribution is -0.384. The Hall–Kier alpha value is -3.67. The van der Waals surface area contributed by atoms with Crippen LogP contribution in [0.3, 0.4) is 0 Å². The Balaban J connectivity index is 1.13. The van der Waals surface area contributed by atoms with Gasteiger partial charge in [-0.1, -0.05) is 43.3 Å². The van der Waals surface area contributed by atoms with E-state index in [-0.39, 0.29) is 23.2 Å². The Morgan fingerprint density at radius 1 is 1.00 bits per heavy atom. The number of nitrogens with zero attached hydrogens (tertiary/aromatic N) is 1. The molecule has 6 rings (SSSR count). The van der Waals surface area contributed by atoms with Gasteiger partial charge in [-0.3, -0.25) is 10.1 Å². The first kappa shape index (κ1) is 24.7. The molecule has 196 valence electrons. The van der Waals surface area contributed by atoms with Crippen LogP contribution in [0.15, 0.2) is 72.8 Å². The maximum atomic E-state index is 12.9. The van der Waals surface area contributed by atoms with Crippen molar-refractivity contribution >= 4 is 11.7 Å². The fourth-order valence-corrected chi connectivity index (χ4v) is 7.45. The summed E-state index contributed by atoms with van der Waals surface area (Å²) in [5, 5.41) is 10.9. The minimum Gasteiger partial charge on any atom is -0.489 e. The first-order valence-electron chi connectivity index (χ1n) is 13.7. The van der Waals surface area contributed by atoms with Gasteiger partial charge < -0.3 is 9.47 Å². The zero-order valence-electron chi connectivity index (χ0n) is 21.7. The van der Waals surface area contributed by atoms with Gasteiger partial charge in [0.2, 0.25) is 0 Å². The predicted octanol–water partition coefficient (Wildman–Crippen LogP) is 7.26. The molecule has 0 saturated heterocycles. The van der Waals surface area contributed by atoms with Gasteiger partial charge in [0, 0.05) is 17.5 Å². The van der Waals surface area contributed by atoms with Crippen molar-refractivity contribution in [3.05, 3.63) is 105 Å². The molecule has 3 aliphatic rings. The number of esters is 1. The molecule has 5 atom stereocenters. The van der Waals surface area contributed by atoms with Crippen LogP contribution >= 0.6 is 0 Å². The van der Waals surface area contributed by atoms with Crippen molar-refractivity contribution in [2.24, 2.45) is 17.3 Å². The van der Waals surface area contributed by atoms with Gasteiger partial charge in [-0.05, 0) is 97.2 Å². The van der Waals surface area contributed by atoms with Crippen LogP contribution in [0.25, 0.3) is 0 Å². The lowest BCUT2D eigenvalue weighted by Gasteiger charge is -2.50. The number of carbonyl (C=O) groups is 1. The lowest BCUT2D eigenvalue weighted by Crippen LogP contribution is -2.45. The summed E-state index contributed by atoms with van der Waals surface area (Å²) in [6.45, 7) is 2.89. The van der Waals surface area contributed by atoms with E-state index in [1.807, 2.05) is 18.2 Å². The van der Waals surface area contributed by atoms with E-state index in [0.29, 0.717) is 29.9 Å². The number of fused-ring (bicyclic) bond motifs is 5. The van der Waals surface area contributed by atoms with Gasteiger partial charge in [0.05, 0.1) is 10.5 Å². The smallest absolute Gasteiger partial charge is 0.338 e. The summed E-state index contributed by atoms with van der Waals surface area (Å²) >= 11 is 0. The molecule has 0 unspecified atom stereocenters. The molecule has 3 aromatic rings. The van der Waals surface area contributed by atoms with E-state index in [1.54, 1.807) is 0 Å². The molecule has 38 heavy (non-hydrogen) atoms. The first-order valence-corrected chi connectivity index (χ1v) is 13.7. The highest BCUT2D eigenvalue weighted by Gasteiger charge is 2.56. The summed E-state index contributed by atoms with van der Waals surface area (Å²) in [6, 6.07) is 22.6. The number of non-ortho nitro benzene ring substituents is 1. The van der Waals surface area contributed by atoms with E-state index >= 15 is 0 Å². The molecule has 0 aromatic heterocycles. The monoisotopic (exact) mass is 511 g/mol. The van der Waals surface area contributed by atoms with Gasteiger partial charge in [-0.2, -0.15) is 0 Å². The average Bonchev–Trinajstić information content (AvgIpc) is 3.28. The number of aryl methyl sites for hydroxylation is 1. The highest BCUT2D eigenvalue weighted by Crippen LogP contribution is 2.61. The molecule has 0 amide bonds. The fraction of sp³-hybridized carbons (Fsp3) is 0.406. The van der Waals surface area contributed by atoms with Gasteiger partial charge in [-0.15, -0.1) is 0 Å². The van der Waals surface area contributed by atoms with E-state index in [2.05, 4.69) is 37.3 Å². The maximum absolute atomic E-state index is 12.9. The Kier molecular flexibility index (Phi) is 6.42. The van der Waals surface area contributed by atoms with E-state index in [4.69, 9.17) is 9.47 Å². The Labute approximate surface area is 223 Å². The molecule has 2 fully saturated rings. The zero-order chi connectivity index (χ0) is 26.3. The molecule has 0 aliphatic heterocycles. The van der Waals surface area contributed by atoms with Crippen molar-refractivity contribution in [1.29, 1.82) is 0 Å². The summed E-state index contributed by atoms with van der Waals surface area (Å²) in [5.41, 5.74) is 4.37. The van der Waals surface area contributed by atoms with Crippen LogP contribution in [-0.4, -0.2) is 17.0 Å². The number of hydrogen-bond donors (Lipinski definition) is 0. The predicted molar refractivity (Wildman–Crippen MR) is 144 cm³/mol. The van der Waals surface area contributed by atoms with Crippen molar-refractivity contribution < 1.29 is 19.2 Å². The van der Waals surface area contributed by atoms with Crippen LogP contribution in [0.2, 0.25) is 0 Å². The summed E-state index contributed by atoms with van der Waals surface area (Å²) in [6.07, 6.45) is 6.17. The molecule has 3 aliphatic carbocycles. The van der Waals surface area contributed by atoms with Crippen LogP contribution in [-0.2, 0) is 17.8 Å². The Morgan fingerprint density at radius 2 is 1.79 bits per heavy atom. The number of benzene rings is 3. The van der Waals surface area contributed by atoms with Gasteiger partial charge in [0.15, 0.2) is 0 Å². The standard InChI is InChI=1S/C32H33NO5/c1-32-18-17-27-26-14-12-25(37-20-21-5-3-2-4-6-21)19-23(26)9-13-28(27)29(32)15-16-30(32)38-31(34)22-7-10-24(11-8-22)33(35)36/h2-8,10-12,14,19,27-30H,9,13,15-18,20H2,1H3/t27-,28-,29+,30+,32+/m0/s1. The molecule has 6 heteroatoms. The summed E-state index contributed by atoms with van der Waals surface area (Å²) in [5.74, 6) is 2.22. The van der Waals surface area contributed by atoms with Gasteiger partial charge in [0.1, 0.15) is 18.5 Å². The molecule has 0 spiro atoms. The molecular formula is C32H33NO5. The highest BCUT2D eigenvalue weighted by molar-refractivity contribution is 5.89. The van der Waals surface area contributed by atoms with Crippen LogP contribution in [0, 0.1) is 27.4 Å². The molecule has 0 radical (unpaired) electrons. The van der Waals surface area contributed by atoms with Crippen LogP contribution in [0.4, 0.5) is 5.69 Å². The third-order valence-corrected chi connectivity index (χ3v) is 9.42. The Bertz CT molecular complexity index is 1340. The second-order valence-electron chi connectivity index (χ2n) is 11.4. The van der Waals surface area contributed by atoms with Crippen molar-refractivity contribution in [1.82, 2.24) is 0 Å².